The van der Waals surface area contributed by atoms with Gasteiger partial charge in [-0.15, -0.1) is 10.2 Å². The van der Waals surface area contributed by atoms with Gasteiger partial charge < -0.3 is 19.1 Å². The number of piperidine rings is 1. The number of halogens is 1. The molecule has 4 aliphatic heterocycles. The van der Waals surface area contributed by atoms with Crippen molar-refractivity contribution in [2.24, 2.45) is 5.92 Å². The Morgan fingerprint density at radius 3 is 2.75 bits per heavy atom. The van der Waals surface area contributed by atoms with Gasteiger partial charge in [-0.05, 0) is 56.5 Å². The fourth-order valence-corrected chi connectivity index (χ4v) is 6.06. The first kappa shape index (κ1) is 20.8. The number of likely N-dealkylation sites (tertiary alicyclic amines) is 1. The van der Waals surface area contributed by atoms with Crippen molar-refractivity contribution in [3.63, 3.8) is 0 Å². The summed E-state index contributed by atoms with van der Waals surface area (Å²) in [7, 11) is 0. The molecule has 9 heteroatoms. The SMILES string of the molecule is Fc1ccc(OCC2COC2)c(C2CCN([C@@H]3COC4(C3)CN(c3nncs3)C4)CC2)c1. The molecule has 0 unspecified atom stereocenters. The van der Waals surface area contributed by atoms with E-state index in [2.05, 4.69) is 20.0 Å². The van der Waals surface area contributed by atoms with Gasteiger partial charge in [0.1, 0.15) is 22.7 Å². The second-order valence-corrected chi connectivity index (χ2v) is 10.4. The highest BCUT2D eigenvalue weighted by Gasteiger charge is 2.51. The highest BCUT2D eigenvalue weighted by molar-refractivity contribution is 7.13. The lowest BCUT2D eigenvalue weighted by atomic mass is 9.86. The third-order valence-corrected chi connectivity index (χ3v) is 8.16. The molecule has 5 heterocycles. The van der Waals surface area contributed by atoms with Crippen molar-refractivity contribution in [2.75, 3.05) is 57.5 Å². The fraction of sp³-hybridized carbons (Fsp3) is 0.652. The molecule has 4 saturated heterocycles. The van der Waals surface area contributed by atoms with Gasteiger partial charge >= 0.3 is 0 Å². The molecule has 1 spiro atoms. The first-order valence-corrected chi connectivity index (χ1v) is 12.4. The van der Waals surface area contributed by atoms with Crippen LogP contribution in [0.25, 0.3) is 0 Å². The maximum atomic E-state index is 14.1. The summed E-state index contributed by atoms with van der Waals surface area (Å²) < 4.78 is 31.6. The average molecular weight is 461 g/mol. The number of benzene rings is 1. The molecule has 1 atom stereocenters. The molecule has 2 aromatic rings. The minimum atomic E-state index is -0.183. The van der Waals surface area contributed by atoms with Gasteiger partial charge in [-0.25, -0.2) is 4.39 Å². The van der Waals surface area contributed by atoms with E-state index in [1.54, 1.807) is 29.0 Å². The number of ether oxygens (including phenoxy) is 3. The van der Waals surface area contributed by atoms with Crippen molar-refractivity contribution in [3.8, 4) is 5.75 Å². The van der Waals surface area contributed by atoms with Crippen molar-refractivity contribution >= 4 is 16.5 Å². The van der Waals surface area contributed by atoms with Crippen LogP contribution in [0.4, 0.5) is 9.52 Å². The van der Waals surface area contributed by atoms with Gasteiger partial charge in [0.25, 0.3) is 0 Å². The monoisotopic (exact) mass is 460 g/mol. The summed E-state index contributed by atoms with van der Waals surface area (Å²) in [5.41, 5.74) is 2.78. The normalized spacial score (nSPS) is 26.3. The van der Waals surface area contributed by atoms with Crippen LogP contribution in [0.15, 0.2) is 23.7 Å². The van der Waals surface area contributed by atoms with Crippen LogP contribution in [0.2, 0.25) is 0 Å². The molecule has 0 N–H and O–H groups in total. The zero-order chi connectivity index (χ0) is 21.5. The number of hydrogen-bond donors (Lipinski definition) is 0. The summed E-state index contributed by atoms with van der Waals surface area (Å²) in [6.45, 7) is 6.81. The van der Waals surface area contributed by atoms with Gasteiger partial charge in [0.05, 0.1) is 39.5 Å². The highest BCUT2D eigenvalue weighted by Crippen LogP contribution is 2.41. The molecule has 0 bridgehead atoms. The van der Waals surface area contributed by atoms with Crippen LogP contribution in [-0.2, 0) is 9.47 Å². The maximum absolute atomic E-state index is 14.1. The zero-order valence-corrected chi connectivity index (χ0v) is 18.9. The molecule has 172 valence electrons. The molecule has 0 aliphatic carbocycles. The Balaban J connectivity index is 1.04. The van der Waals surface area contributed by atoms with Crippen molar-refractivity contribution in [1.29, 1.82) is 0 Å². The highest BCUT2D eigenvalue weighted by atomic mass is 32.1. The number of nitrogens with zero attached hydrogens (tertiary/aromatic N) is 4. The lowest BCUT2D eigenvalue weighted by molar-refractivity contribution is -0.0510. The van der Waals surface area contributed by atoms with Crippen LogP contribution in [0.1, 0.15) is 30.7 Å². The van der Waals surface area contributed by atoms with Crippen molar-refractivity contribution in [2.45, 2.75) is 36.8 Å². The maximum Gasteiger partial charge on any atom is 0.208 e. The molecule has 7 nitrogen and oxygen atoms in total. The minimum absolute atomic E-state index is 0.0258. The van der Waals surface area contributed by atoms with Gasteiger partial charge in [0.2, 0.25) is 5.13 Å². The van der Waals surface area contributed by atoms with E-state index in [1.807, 2.05) is 0 Å². The molecule has 0 saturated carbocycles. The molecule has 0 amide bonds. The number of rotatable bonds is 6. The smallest absolute Gasteiger partial charge is 0.208 e. The van der Waals surface area contributed by atoms with E-state index < -0.39 is 0 Å². The predicted octanol–water partition coefficient (Wildman–Crippen LogP) is 2.93. The lowest BCUT2D eigenvalue weighted by Crippen LogP contribution is -2.62. The van der Waals surface area contributed by atoms with E-state index in [0.29, 0.717) is 24.5 Å². The van der Waals surface area contributed by atoms with Crippen LogP contribution in [0, 0.1) is 11.7 Å². The molecule has 0 radical (unpaired) electrons. The van der Waals surface area contributed by atoms with Gasteiger partial charge in [-0.2, -0.15) is 0 Å². The fourth-order valence-electron chi connectivity index (χ4n) is 5.50. The standard InChI is InChI=1S/C23H29FN4O3S/c24-18-1-2-21(30-11-16-9-29-10-16)20(7-18)17-3-5-27(6-4-17)19-8-23(31-12-19)13-28(14-23)22-26-25-15-32-22/h1-2,7,15-17,19H,3-6,8-14H2/t19-/m0/s1. The Hall–Kier alpha value is -1.81. The molecule has 32 heavy (non-hydrogen) atoms. The molecule has 1 aromatic heterocycles. The molecule has 1 aromatic carbocycles. The largest absolute Gasteiger partial charge is 0.493 e. The second-order valence-electron chi connectivity index (χ2n) is 9.64. The van der Waals surface area contributed by atoms with Crippen LogP contribution in [-0.4, -0.2) is 79.3 Å². The Labute approximate surface area is 191 Å². The Morgan fingerprint density at radius 2 is 2.03 bits per heavy atom. The topological polar surface area (TPSA) is 60.0 Å². The van der Waals surface area contributed by atoms with Crippen LogP contribution in [0.5, 0.6) is 5.75 Å². The molecular weight excluding hydrogens is 431 g/mol. The third-order valence-electron chi connectivity index (χ3n) is 7.41. The predicted molar refractivity (Wildman–Crippen MR) is 119 cm³/mol. The lowest BCUT2D eigenvalue weighted by Gasteiger charge is -2.47. The van der Waals surface area contributed by atoms with E-state index in [4.69, 9.17) is 14.2 Å². The molecule has 4 aliphatic rings. The summed E-state index contributed by atoms with van der Waals surface area (Å²) >= 11 is 1.58. The van der Waals surface area contributed by atoms with E-state index in [1.165, 1.54) is 6.07 Å². The quantitative estimate of drug-likeness (QED) is 0.657. The Morgan fingerprint density at radius 1 is 1.19 bits per heavy atom. The number of aromatic nitrogens is 2. The third kappa shape index (κ3) is 4.00. The van der Waals surface area contributed by atoms with E-state index in [0.717, 1.165) is 81.7 Å². The Kier molecular flexibility index (Phi) is 5.53. The van der Waals surface area contributed by atoms with Crippen LogP contribution >= 0.6 is 11.3 Å². The van der Waals surface area contributed by atoms with Crippen LogP contribution < -0.4 is 9.64 Å². The minimum Gasteiger partial charge on any atom is -0.493 e. The second kappa shape index (κ2) is 8.52. The number of anilines is 1. The van der Waals surface area contributed by atoms with E-state index in [9.17, 15) is 4.39 Å². The molecular formula is C23H29FN4O3S. The van der Waals surface area contributed by atoms with Crippen LogP contribution in [0.3, 0.4) is 0 Å². The van der Waals surface area contributed by atoms with Crippen molar-refractivity contribution in [3.05, 3.63) is 35.1 Å². The van der Waals surface area contributed by atoms with E-state index in [-0.39, 0.29) is 11.4 Å². The number of hydrogen-bond acceptors (Lipinski definition) is 8. The van der Waals surface area contributed by atoms with Gasteiger partial charge in [0, 0.05) is 17.5 Å². The Bertz CT molecular complexity index is 927. The summed E-state index contributed by atoms with van der Waals surface area (Å²) in [6, 6.07) is 5.45. The average Bonchev–Trinajstić information content (AvgIpc) is 3.43. The van der Waals surface area contributed by atoms with Crippen molar-refractivity contribution in [1.82, 2.24) is 15.1 Å². The van der Waals surface area contributed by atoms with Gasteiger partial charge in [0.15, 0.2) is 0 Å². The van der Waals surface area contributed by atoms with Crippen molar-refractivity contribution < 1.29 is 18.6 Å². The summed E-state index contributed by atoms with van der Waals surface area (Å²) in [5, 5.41) is 9.09. The first-order valence-electron chi connectivity index (χ1n) is 11.6. The summed E-state index contributed by atoms with van der Waals surface area (Å²) in [6.07, 6.45) is 3.12. The zero-order valence-electron chi connectivity index (χ0n) is 18.1. The molecule has 4 fully saturated rings. The summed E-state index contributed by atoms with van der Waals surface area (Å²) in [4.78, 5) is 4.83. The molecule has 6 rings (SSSR count). The van der Waals surface area contributed by atoms with Gasteiger partial charge in [-0.1, -0.05) is 11.3 Å². The first-order chi connectivity index (χ1) is 15.7. The van der Waals surface area contributed by atoms with E-state index >= 15 is 0 Å². The summed E-state index contributed by atoms with van der Waals surface area (Å²) in [5.74, 6) is 1.45. The van der Waals surface area contributed by atoms with Gasteiger partial charge in [-0.3, -0.25) is 4.90 Å².